The van der Waals surface area contributed by atoms with Gasteiger partial charge >= 0.3 is 0 Å². The van der Waals surface area contributed by atoms with E-state index in [1.54, 1.807) is 18.4 Å². The summed E-state index contributed by atoms with van der Waals surface area (Å²) in [7, 11) is 0. The van der Waals surface area contributed by atoms with E-state index >= 15 is 0 Å². The highest BCUT2D eigenvalue weighted by atomic mass is 16.3. The van der Waals surface area contributed by atoms with Crippen molar-refractivity contribution in [3.63, 3.8) is 0 Å². The number of nitrogen functional groups attached to an aromatic ring is 1. The zero-order valence-electron chi connectivity index (χ0n) is 10.4. The first kappa shape index (κ1) is 12.2. The number of benzene rings is 1. The third kappa shape index (κ3) is 2.53. The summed E-state index contributed by atoms with van der Waals surface area (Å²) in [4.78, 5) is 11.3. The van der Waals surface area contributed by atoms with Crippen molar-refractivity contribution < 1.29 is 9.21 Å². The van der Waals surface area contributed by atoms with E-state index < -0.39 is 0 Å². The maximum Gasteiger partial charge on any atom is 0.161 e. The fourth-order valence-electron chi connectivity index (χ4n) is 1.83. The van der Waals surface area contributed by atoms with E-state index in [1.807, 2.05) is 25.1 Å². The first-order valence-corrected chi connectivity index (χ1v) is 5.78. The van der Waals surface area contributed by atoms with Gasteiger partial charge in [-0.3, -0.25) is 4.79 Å². The zero-order valence-corrected chi connectivity index (χ0v) is 10.4. The van der Waals surface area contributed by atoms with E-state index in [-0.39, 0.29) is 11.8 Å². The lowest BCUT2D eigenvalue weighted by Gasteiger charge is -2.14. The molecule has 0 fully saturated rings. The molecule has 0 amide bonds. The summed E-state index contributed by atoms with van der Waals surface area (Å²) in [6.45, 7) is 3.50. The van der Waals surface area contributed by atoms with E-state index in [9.17, 15) is 4.79 Å². The van der Waals surface area contributed by atoms with E-state index in [1.165, 1.54) is 6.92 Å². The number of rotatable bonds is 4. The molecule has 0 aliphatic rings. The van der Waals surface area contributed by atoms with Gasteiger partial charge in [0.05, 0.1) is 12.3 Å². The predicted octanol–water partition coefficient (Wildman–Crippen LogP) is 3.24. The zero-order chi connectivity index (χ0) is 13.1. The van der Waals surface area contributed by atoms with Gasteiger partial charge in [0.1, 0.15) is 5.76 Å². The molecule has 94 valence electrons. The standard InChI is InChI=1S/C14H16N2O2/c1-9(14-4-3-7-18-14)16-11-5-6-12(10(2)17)13(15)8-11/h3-9,16H,15H2,1-2H3. The van der Waals surface area contributed by atoms with Crippen molar-refractivity contribution in [2.75, 3.05) is 11.1 Å². The van der Waals surface area contributed by atoms with Gasteiger partial charge in [-0.2, -0.15) is 0 Å². The van der Waals surface area contributed by atoms with Crippen LogP contribution in [0.4, 0.5) is 11.4 Å². The van der Waals surface area contributed by atoms with Crippen LogP contribution in [-0.4, -0.2) is 5.78 Å². The van der Waals surface area contributed by atoms with Crippen molar-refractivity contribution >= 4 is 17.2 Å². The molecule has 3 N–H and O–H groups in total. The highest BCUT2D eigenvalue weighted by Crippen LogP contribution is 2.23. The van der Waals surface area contributed by atoms with Gasteiger partial charge in [0.25, 0.3) is 0 Å². The Morgan fingerprint density at radius 1 is 1.39 bits per heavy atom. The summed E-state index contributed by atoms with van der Waals surface area (Å²) in [5.41, 5.74) is 7.73. The number of nitrogens with one attached hydrogen (secondary N) is 1. The molecule has 18 heavy (non-hydrogen) atoms. The monoisotopic (exact) mass is 244 g/mol. The molecule has 0 saturated carbocycles. The molecule has 0 saturated heterocycles. The summed E-state index contributed by atoms with van der Waals surface area (Å²) >= 11 is 0. The Morgan fingerprint density at radius 3 is 2.72 bits per heavy atom. The molecule has 1 atom stereocenters. The quantitative estimate of drug-likeness (QED) is 0.640. The maximum absolute atomic E-state index is 11.3. The first-order valence-electron chi connectivity index (χ1n) is 5.78. The Morgan fingerprint density at radius 2 is 2.17 bits per heavy atom. The molecule has 4 nitrogen and oxygen atoms in total. The molecule has 0 aliphatic heterocycles. The molecule has 1 aromatic heterocycles. The van der Waals surface area contributed by atoms with Crippen LogP contribution in [0.3, 0.4) is 0 Å². The molecule has 0 radical (unpaired) electrons. The summed E-state index contributed by atoms with van der Waals surface area (Å²) < 4.78 is 5.31. The van der Waals surface area contributed by atoms with Crippen molar-refractivity contribution in [1.29, 1.82) is 0 Å². The topological polar surface area (TPSA) is 68.3 Å². The molecular weight excluding hydrogens is 228 g/mol. The number of carbonyl (C=O) groups excluding carboxylic acids is 1. The second-order valence-electron chi connectivity index (χ2n) is 4.24. The number of carbonyl (C=O) groups is 1. The van der Waals surface area contributed by atoms with Gasteiger partial charge < -0.3 is 15.5 Å². The Labute approximate surface area is 106 Å². The Hall–Kier alpha value is -2.23. The van der Waals surface area contributed by atoms with Crippen molar-refractivity contribution in [2.24, 2.45) is 0 Å². The van der Waals surface area contributed by atoms with Gasteiger partial charge in [-0.15, -0.1) is 0 Å². The summed E-state index contributed by atoms with van der Waals surface area (Å²) in [6.07, 6.45) is 1.64. The molecule has 0 aliphatic carbocycles. The smallest absolute Gasteiger partial charge is 0.161 e. The normalized spacial score (nSPS) is 12.1. The van der Waals surface area contributed by atoms with Gasteiger partial charge in [-0.25, -0.2) is 0 Å². The van der Waals surface area contributed by atoms with Crippen molar-refractivity contribution in [3.8, 4) is 0 Å². The molecule has 1 aromatic carbocycles. The third-order valence-corrected chi connectivity index (χ3v) is 2.78. The van der Waals surface area contributed by atoms with Crippen LogP contribution < -0.4 is 11.1 Å². The molecule has 2 aromatic rings. The average Bonchev–Trinajstić information content (AvgIpc) is 2.81. The van der Waals surface area contributed by atoms with Gasteiger partial charge in [0.15, 0.2) is 5.78 Å². The summed E-state index contributed by atoms with van der Waals surface area (Å²) in [6, 6.07) is 9.13. The van der Waals surface area contributed by atoms with E-state index in [0.717, 1.165) is 11.4 Å². The van der Waals surface area contributed by atoms with Gasteiger partial charge in [-0.1, -0.05) is 0 Å². The van der Waals surface area contributed by atoms with Crippen LogP contribution in [0.1, 0.15) is 36.0 Å². The van der Waals surface area contributed by atoms with Gasteiger partial charge in [0.2, 0.25) is 0 Å². The van der Waals surface area contributed by atoms with Crippen LogP contribution in [0.25, 0.3) is 0 Å². The fraction of sp³-hybridized carbons (Fsp3) is 0.214. The Balaban J connectivity index is 2.15. The Bertz CT molecular complexity index is 547. The highest BCUT2D eigenvalue weighted by molar-refractivity contribution is 5.99. The number of hydrogen-bond acceptors (Lipinski definition) is 4. The number of nitrogens with two attached hydrogens (primary N) is 1. The molecule has 1 unspecified atom stereocenters. The number of furan rings is 1. The Kier molecular flexibility index (Phi) is 3.37. The second-order valence-corrected chi connectivity index (χ2v) is 4.24. The lowest BCUT2D eigenvalue weighted by atomic mass is 10.1. The summed E-state index contributed by atoms with van der Waals surface area (Å²) in [5, 5.41) is 3.27. The van der Waals surface area contributed by atoms with Crippen LogP contribution in [0.2, 0.25) is 0 Å². The van der Waals surface area contributed by atoms with Gasteiger partial charge in [0, 0.05) is 16.9 Å². The van der Waals surface area contributed by atoms with Crippen molar-refractivity contribution in [1.82, 2.24) is 0 Å². The largest absolute Gasteiger partial charge is 0.467 e. The van der Waals surface area contributed by atoms with Crippen molar-refractivity contribution in [2.45, 2.75) is 19.9 Å². The van der Waals surface area contributed by atoms with Gasteiger partial charge in [-0.05, 0) is 44.2 Å². The maximum atomic E-state index is 11.3. The molecule has 4 heteroatoms. The minimum Gasteiger partial charge on any atom is -0.467 e. The second kappa shape index (κ2) is 4.96. The van der Waals surface area contributed by atoms with Crippen LogP contribution in [-0.2, 0) is 0 Å². The number of Topliss-reactive ketones (excluding diaryl/α,β-unsaturated/α-hetero) is 1. The number of ketones is 1. The predicted molar refractivity (Wildman–Crippen MR) is 71.6 cm³/mol. The van der Waals surface area contributed by atoms with E-state index in [0.29, 0.717) is 11.3 Å². The van der Waals surface area contributed by atoms with Crippen LogP contribution in [0.5, 0.6) is 0 Å². The third-order valence-electron chi connectivity index (χ3n) is 2.78. The molecule has 2 rings (SSSR count). The molecule has 0 spiro atoms. The number of hydrogen-bond donors (Lipinski definition) is 2. The van der Waals surface area contributed by atoms with Crippen LogP contribution >= 0.6 is 0 Å². The summed E-state index contributed by atoms with van der Waals surface area (Å²) in [5.74, 6) is 0.822. The minimum atomic E-state index is -0.0295. The van der Waals surface area contributed by atoms with Crippen LogP contribution in [0, 0.1) is 0 Å². The SMILES string of the molecule is CC(=O)c1ccc(NC(C)c2ccco2)cc1N. The first-order chi connectivity index (χ1) is 8.58. The highest BCUT2D eigenvalue weighted by Gasteiger charge is 2.10. The molecular formula is C14H16N2O2. The lowest BCUT2D eigenvalue weighted by molar-refractivity contribution is 0.101. The van der Waals surface area contributed by atoms with Crippen molar-refractivity contribution in [3.05, 3.63) is 47.9 Å². The van der Waals surface area contributed by atoms with E-state index in [2.05, 4.69) is 5.32 Å². The molecule has 1 heterocycles. The minimum absolute atomic E-state index is 0.0295. The molecule has 0 bridgehead atoms. The lowest BCUT2D eigenvalue weighted by Crippen LogP contribution is -2.07. The number of anilines is 2. The van der Waals surface area contributed by atoms with E-state index in [4.69, 9.17) is 10.2 Å². The van der Waals surface area contributed by atoms with Crippen LogP contribution in [0.15, 0.2) is 41.0 Å². The average molecular weight is 244 g/mol. The fourth-order valence-corrected chi connectivity index (χ4v) is 1.83.